The summed E-state index contributed by atoms with van der Waals surface area (Å²) in [6, 6.07) is 12.9. The molecule has 2 aromatic rings. The van der Waals surface area contributed by atoms with Gasteiger partial charge in [0.25, 0.3) is 5.91 Å². The van der Waals surface area contributed by atoms with Crippen molar-refractivity contribution in [3.05, 3.63) is 57.5 Å². The van der Waals surface area contributed by atoms with Crippen molar-refractivity contribution < 1.29 is 4.79 Å². The van der Waals surface area contributed by atoms with Crippen LogP contribution in [0.1, 0.15) is 29.6 Å². The normalized spacial score (nSPS) is 14.0. The summed E-state index contributed by atoms with van der Waals surface area (Å²) in [7, 11) is 0. The quantitative estimate of drug-likeness (QED) is 0.600. The van der Waals surface area contributed by atoms with E-state index in [-0.39, 0.29) is 5.91 Å². The predicted molar refractivity (Wildman–Crippen MR) is 115 cm³/mol. The lowest BCUT2D eigenvalue weighted by atomic mass is 10.1. The lowest BCUT2D eigenvalue weighted by Crippen LogP contribution is -2.35. The third-order valence-electron chi connectivity index (χ3n) is 4.21. The van der Waals surface area contributed by atoms with Crippen molar-refractivity contribution in [3.8, 4) is 0 Å². The fourth-order valence-electron chi connectivity index (χ4n) is 2.85. The summed E-state index contributed by atoms with van der Waals surface area (Å²) in [4.78, 5) is 14.4. The number of benzene rings is 2. The second-order valence-electron chi connectivity index (χ2n) is 6.13. The van der Waals surface area contributed by atoms with E-state index in [2.05, 4.69) is 26.6 Å². The first-order chi connectivity index (χ1) is 12.5. The van der Waals surface area contributed by atoms with Gasteiger partial charge in [0.05, 0.1) is 10.7 Å². The summed E-state index contributed by atoms with van der Waals surface area (Å²) < 4.78 is 0.904. The molecule has 136 valence electrons. The van der Waals surface area contributed by atoms with E-state index in [9.17, 15) is 4.79 Å². The molecule has 1 heterocycles. The highest BCUT2D eigenvalue weighted by Crippen LogP contribution is 2.26. The number of piperidine rings is 1. The standard InChI is InChI=1S/C19H19BrClN3OS/c20-14-6-9-17(16(21)12-14)23-19(26)22-15-7-4-13(5-8-15)18(25)24-10-2-1-3-11-24/h4-9,12H,1-3,10-11H2,(H2,22,23,26). The fourth-order valence-corrected chi connectivity index (χ4v) is 3.80. The summed E-state index contributed by atoms with van der Waals surface area (Å²) in [5.74, 6) is 0.0959. The monoisotopic (exact) mass is 451 g/mol. The summed E-state index contributed by atoms with van der Waals surface area (Å²) in [5.41, 5.74) is 2.24. The Morgan fingerprint density at radius 3 is 2.38 bits per heavy atom. The van der Waals surface area contributed by atoms with Gasteiger partial charge in [0.15, 0.2) is 5.11 Å². The van der Waals surface area contributed by atoms with Gasteiger partial charge in [0, 0.05) is 28.8 Å². The van der Waals surface area contributed by atoms with Gasteiger partial charge in [0.1, 0.15) is 0 Å². The Bertz CT molecular complexity index is 807. The van der Waals surface area contributed by atoms with Gasteiger partial charge in [-0.2, -0.15) is 0 Å². The number of rotatable bonds is 3. The molecular formula is C19H19BrClN3OS. The van der Waals surface area contributed by atoms with E-state index in [4.69, 9.17) is 23.8 Å². The van der Waals surface area contributed by atoms with Gasteiger partial charge >= 0.3 is 0 Å². The summed E-state index contributed by atoms with van der Waals surface area (Å²) in [6.45, 7) is 1.70. The highest BCUT2D eigenvalue weighted by molar-refractivity contribution is 9.10. The summed E-state index contributed by atoms with van der Waals surface area (Å²) in [5, 5.41) is 7.18. The minimum atomic E-state index is 0.0959. The number of nitrogens with zero attached hydrogens (tertiary/aromatic N) is 1. The van der Waals surface area contributed by atoms with Crippen molar-refractivity contribution in [1.29, 1.82) is 0 Å². The van der Waals surface area contributed by atoms with Crippen molar-refractivity contribution >= 4 is 62.1 Å². The zero-order chi connectivity index (χ0) is 18.5. The van der Waals surface area contributed by atoms with Gasteiger partial charge in [-0.05, 0) is 73.9 Å². The van der Waals surface area contributed by atoms with Crippen LogP contribution in [0.3, 0.4) is 0 Å². The molecule has 0 unspecified atom stereocenters. The van der Waals surface area contributed by atoms with Gasteiger partial charge < -0.3 is 15.5 Å². The number of anilines is 2. The van der Waals surface area contributed by atoms with Crippen molar-refractivity contribution in [3.63, 3.8) is 0 Å². The highest BCUT2D eigenvalue weighted by atomic mass is 79.9. The predicted octanol–water partition coefficient (Wildman–Crippen LogP) is 5.54. The molecule has 0 saturated carbocycles. The van der Waals surface area contributed by atoms with E-state index in [0.717, 1.165) is 41.8 Å². The number of nitrogens with one attached hydrogen (secondary N) is 2. The Balaban J connectivity index is 1.59. The van der Waals surface area contributed by atoms with E-state index in [1.165, 1.54) is 6.42 Å². The molecule has 0 aliphatic carbocycles. The molecule has 0 bridgehead atoms. The van der Waals surface area contributed by atoms with Crippen LogP contribution in [-0.2, 0) is 0 Å². The molecule has 0 spiro atoms. The minimum Gasteiger partial charge on any atom is -0.339 e. The minimum absolute atomic E-state index is 0.0959. The van der Waals surface area contributed by atoms with Crippen LogP contribution in [0.5, 0.6) is 0 Å². The molecule has 1 amide bonds. The van der Waals surface area contributed by atoms with E-state index in [1.807, 2.05) is 41.3 Å². The molecule has 26 heavy (non-hydrogen) atoms. The maximum absolute atomic E-state index is 12.5. The topological polar surface area (TPSA) is 44.4 Å². The molecule has 0 radical (unpaired) electrons. The van der Waals surface area contributed by atoms with Crippen molar-refractivity contribution in [1.82, 2.24) is 4.90 Å². The molecule has 1 fully saturated rings. The fraction of sp³-hybridized carbons (Fsp3) is 0.263. The van der Waals surface area contributed by atoms with Crippen LogP contribution in [-0.4, -0.2) is 29.0 Å². The molecule has 1 aliphatic rings. The smallest absolute Gasteiger partial charge is 0.253 e. The Hall–Kier alpha value is -1.63. The third kappa shape index (κ3) is 4.96. The summed E-state index contributed by atoms with van der Waals surface area (Å²) >= 11 is 14.9. The average Bonchev–Trinajstić information content (AvgIpc) is 2.65. The van der Waals surface area contributed by atoms with Crippen LogP contribution in [0.25, 0.3) is 0 Å². The zero-order valence-corrected chi connectivity index (χ0v) is 17.3. The zero-order valence-electron chi connectivity index (χ0n) is 14.1. The molecule has 2 aromatic carbocycles. The van der Waals surface area contributed by atoms with Crippen LogP contribution in [0.4, 0.5) is 11.4 Å². The Morgan fingerprint density at radius 1 is 1.04 bits per heavy atom. The molecule has 4 nitrogen and oxygen atoms in total. The largest absolute Gasteiger partial charge is 0.339 e. The van der Waals surface area contributed by atoms with Gasteiger partial charge in [-0.3, -0.25) is 4.79 Å². The number of likely N-dealkylation sites (tertiary alicyclic amines) is 1. The molecule has 0 atom stereocenters. The SMILES string of the molecule is O=C(c1ccc(NC(=S)Nc2ccc(Br)cc2Cl)cc1)N1CCCCC1. The maximum atomic E-state index is 12.5. The summed E-state index contributed by atoms with van der Waals surface area (Å²) in [6.07, 6.45) is 3.38. The van der Waals surface area contributed by atoms with Gasteiger partial charge in [0.2, 0.25) is 0 Å². The molecular weight excluding hydrogens is 434 g/mol. The molecule has 0 aromatic heterocycles. The molecule has 2 N–H and O–H groups in total. The van der Waals surface area contributed by atoms with E-state index in [1.54, 1.807) is 6.07 Å². The first-order valence-corrected chi connectivity index (χ1v) is 10.0. The number of hydrogen-bond donors (Lipinski definition) is 2. The van der Waals surface area contributed by atoms with E-state index in [0.29, 0.717) is 15.7 Å². The Labute approximate surface area is 172 Å². The third-order valence-corrected chi connectivity index (χ3v) is 5.22. The van der Waals surface area contributed by atoms with Gasteiger partial charge in [-0.25, -0.2) is 0 Å². The van der Waals surface area contributed by atoms with E-state index < -0.39 is 0 Å². The van der Waals surface area contributed by atoms with Crippen LogP contribution < -0.4 is 10.6 Å². The maximum Gasteiger partial charge on any atom is 0.253 e. The number of carbonyl (C=O) groups is 1. The second kappa shape index (κ2) is 8.84. The lowest BCUT2D eigenvalue weighted by Gasteiger charge is -2.26. The Morgan fingerprint density at radius 2 is 1.73 bits per heavy atom. The number of carbonyl (C=O) groups excluding carboxylic acids is 1. The number of hydrogen-bond acceptors (Lipinski definition) is 2. The number of halogens is 2. The van der Waals surface area contributed by atoms with Gasteiger partial charge in [-0.15, -0.1) is 0 Å². The number of thiocarbonyl (C=S) groups is 1. The van der Waals surface area contributed by atoms with Gasteiger partial charge in [-0.1, -0.05) is 27.5 Å². The molecule has 7 heteroatoms. The number of amides is 1. The van der Waals surface area contributed by atoms with Crippen molar-refractivity contribution in [2.75, 3.05) is 23.7 Å². The first-order valence-electron chi connectivity index (χ1n) is 8.45. The highest BCUT2D eigenvalue weighted by Gasteiger charge is 2.17. The van der Waals surface area contributed by atoms with Crippen LogP contribution >= 0.6 is 39.7 Å². The van der Waals surface area contributed by atoms with E-state index >= 15 is 0 Å². The van der Waals surface area contributed by atoms with Crippen LogP contribution in [0, 0.1) is 0 Å². The van der Waals surface area contributed by atoms with Crippen molar-refractivity contribution in [2.45, 2.75) is 19.3 Å². The average molecular weight is 453 g/mol. The first kappa shape index (κ1) is 19.1. The lowest BCUT2D eigenvalue weighted by molar-refractivity contribution is 0.0724. The van der Waals surface area contributed by atoms with Crippen molar-refractivity contribution in [2.24, 2.45) is 0 Å². The second-order valence-corrected chi connectivity index (χ2v) is 7.86. The Kier molecular flexibility index (Phi) is 6.51. The molecule has 1 saturated heterocycles. The van der Waals surface area contributed by atoms with Crippen LogP contribution in [0.2, 0.25) is 5.02 Å². The molecule has 3 rings (SSSR count). The van der Waals surface area contributed by atoms with Crippen LogP contribution in [0.15, 0.2) is 46.9 Å². The molecule has 1 aliphatic heterocycles.